The lowest BCUT2D eigenvalue weighted by Crippen LogP contribution is -2.40. The fraction of sp³-hybridized carbons (Fsp3) is 0.533. The monoisotopic (exact) mass is 356 g/mol. The summed E-state index contributed by atoms with van der Waals surface area (Å²) in [6.07, 6.45) is 3.09. The van der Waals surface area contributed by atoms with E-state index in [0.29, 0.717) is 30.6 Å². The van der Waals surface area contributed by atoms with Gasteiger partial charge in [0.05, 0.1) is 4.88 Å². The summed E-state index contributed by atoms with van der Waals surface area (Å²) in [4.78, 5) is 19.7. The zero-order chi connectivity index (χ0) is 15.4. The van der Waals surface area contributed by atoms with Gasteiger partial charge in [0.25, 0.3) is 0 Å². The highest BCUT2D eigenvalue weighted by atomic mass is 35.5. The zero-order valence-electron chi connectivity index (χ0n) is 13.0. The van der Waals surface area contributed by atoms with E-state index < -0.39 is 0 Å². The molecule has 1 atom stereocenters. The van der Waals surface area contributed by atoms with E-state index in [9.17, 15) is 4.79 Å². The largest absolute Gasteiger partial charge is 0.339 e. The van der Waals surface area contributed by atoms with Crippen LogP contribution in [0.15, 0.2) is 22.0 Å². The predicted octanol–water partition coefficient (Wildman–Crippen LogP) is 2.36. The van der Waals surface area contributed by atoms with Gasteiger partial charge in [-0.15, -0.1) is 23.7 Å². The summed E-state index contributed by atoms with van der Waals surface area (Å²) < 4.78 is 5.24. The summed E-state index contributed by atoms with van der Waals surface area (Å²) in [7, 11) is 1.92. The van der Waals surface area contributed by atoms with Gasteiger partial charge in [-0.2, -0.15) is 4.98 Å². The highest BCUT2D eigenvalue weighted by molar-refractivity contribution is 7.13. The summed E-state index contributed by atoms with van der Waals surface area (Å²) in [5.41, 5.74) is 0. The SMILES string of the molecule is CNCC1CCCN1C(=O)CCc1nc(-c2cccs2)no1.Cl. The number of likely N-dealkylation sites (N-methyl/N-ethyl adjacent to an activating group) is 1. The Balaban J connectivity index is 0.00000192. The van der Waals surface area contributed by atoms with Crippen LogP contribution in [-0.4, -0.2) is 47.1 Å². The van der Waals surface area contributed by atoms with Gasteiger partial charge in [-0.3, -0.25) is 4.79 Å². The maximum atomic E-state index is 12.3. The predicted molar refractivity (Wildman–Crippen MR) is 91.8 cm³/mol. The van der Waals surface area contributed by atoms with Crippen LogP contribution in [0.3, 0.4) is 0 Å². The number of likely N-dealkylation sites (tertiary alicyclic amines) is 1. The van der Waals surface area contributed by atoms with Crippen molar-refractivity contribution in [3.05, 3.63) is 23.4 Å². The fourth-order valence-corrected chi connectivity index (χ4v) is 3.48. The van der Waals surface area contributed by atoms with Crippen molar-refractivity contribution in [2.75, 3.05) is 20.1 Å². The third kappa shape index (κ3) is 4.31. The number of carbonyl (C=O) groups is 1. The third-order valence-corrected chi connectivity index (χ3v) is 4.77. The van der Waals surface area contributed by atoms with Crippen LogP contribution in [0.4, 0.5) is 0 Å². The van der Waals surface area contributed by atoms with E-state index in [-0.39, 0.29) is 18.3 Å². The van der Waals surface area contributed by atoms with Gasteiger partial charge in [-0.25, -0.2) is 0 Å². The zero-order valence-corrected chi connectivity index (χ0v) is 14.7. The lowest BCUT2D eigenvalue weighted by Gasteiger charge is -2.24. The van der Waals surface area contributed by atoms with Crippen molar-refractivity contribution in [1.82, 2.24) is 20.4 Å². The molecule has 2 aromatic rings. The van der Waals surface area contributed by atoms with Crippen molar-refractivity contribution in [2.24, 2.45) is 0 Å². The summed E-state index contributed by atoms with van der Waals surface area (Å²) >= 11 is 1.57. The molecule has 1 fully saturated rings. The molecule has 1 aliphatic heterocycles. The topological polar surface area (TPSA) is 71.3 Å². The minimum atomic E-state index is 0. The van der Waals surface area contributed by atoms with E-state index in [1.165, 1.54) is 0 Å². The molecule has 0 aromatic carbocycles. The second-order valence-corrected chi connectivity index (χ2v) is 6.38. The minimum Gasteiger partial charge on any atom is -0.339 e. The quantitative estimate of drug-likeness (QED) is 0.860. The lowest BCUT2D eigenvalue weighted by molar-refractivity contribution is -0.132. The first kappa shape index (κ1) is 17.9. The average molecular weight is 357 g/mol. The molecule has 2 aromatic heterocycles. The molecule has 1 N–H and O–H groups in total. The van der Waals surface area contributed by atoms with Crippen LogP contribution in [0.1, 0.15) is 25.2 Å². The van der Waals surface area contributed by atoms with Crippen LogP contribution in [0.25, 0.3) is 10.7 Å². The molecule has 1 aliphatic rings. The van der Waals surface area contributed by atoms with Gasteiger partial charge >= 0.3 is 0 Å². The van der Waals surface area contributed by atoms with Crippen molar-refractivity contribution < 1.29 is 9.32 Å². The van der Waals surface area contributed by atoms with E-state index in [0.717, 1.165) is 30.8 Å². The number of carbonyl (C=O) groups excluding carboxylic acids is 1. The molecule has 6 nitrogen and oxygen atoms in total. The van der Waals surface area contributed by atoms with Crippen molar-refractivity contribution in [2.45, 2.75) is 31.7 Å². The smallest absolute Gasteiger partial charge is 0.227 e. The standard InChI is InChI=1S/C15H20N4O2S.ClH/c1-16-10-11-4-2-8-19(11)14(20)7-6-13-17-15(18-21-13)12-5-3-9-22-12;/h3,5,9,11,16H,2,4,6-8,10H2,1H3;1H. The second kappa shape index (κ2) is 8.42. The van der Waals surface area contributed by atoms with Crippen LogP contribution in [0.2, 0.25) is 0 Å². The second-order valence-electron chi connectivity index (χ2n) is 5.43. The van der Waals surface area contributed by atoms with Crippen LogP contribution in [0, 0.1) is 0 Å². The number of aromatic nitrogens is 2. The molecule has 0 radical (unpaired) electrons. The average Bonchev–Trinajstić information content (AvgIpc) is 3.25. The normalized spacial score (nSPS) is 17.3. The number of nitrogens with one attached hydrogen (secondary N) is 1. The molecule has 1 amide bonds. The van der Waals surface area contributed by atoms with Crippen LogP contribution in [-0.2, 0) is 11.2 Å². The van der Waals surface area contributed by atoms with Gasteiger partial charge in [0, 0.05) is 32.0 Å². The number of amides is 1. The molecule has 8 heteroatoms. The molecule has 0 bridgehead atoms. The van der Waals surface area contributed by atoms with Crippen LogP contribution in [0.5, 0.6) is 0 Å². The number of aryl methyl sites for hydroxylation is 1. The van der Waals surface area contributed by atoms with Crippen molar-refractivity contribution in [3.63, 3.8) is 0 Å². The Hall–Kier alpha value is -1.44. The van der Waals surface area contributed by atoms with Crippen molar-refractivity contribution >= 4 is 29.7 Å². The number of rotatable bonds is 6. The summed E-state index contributed by atoms with van der Waals surface area (Å²) in [5.74, 6) is 1.31. The maximum Gasteiger partial charge on any atom is 0.227 e. The van der Waals surface area contributed by atoms with E-state index >= 15 is 0 Å². The Morgan fingerprint density at radius 2 is 2.43 bits per heavy atom. The van der Waals surface area contributed by atoms with Crippen molar-refractivity contribution in [1.29, 1.82) is 0 Å². The first-order chi connectivity index (χ1) is 10.8. The third-order valence-electron chi connectivity index (χ3n) is 3.90. The van der Waals surface area contributed by atoms with Gasteiger partial charge in [0.1, 0.15) is 0 Å². The number of thiophene rings is 1. The molecule has 3 heterocycles. The van der Waals surface area contributed by atoms with Crippen LogP contribution >= 0.6 is 23.7 Å². The van der Waals surface area contributed by atoms with Gasteiger partial charge in [0.2, 0.25) is 17.6 Å². The lowest BCUT2D eigenvalue weighted by atomic mass is 10.2. The Labute approximate surface area is 145 Å². The number of nitrogens with zero attached hydrogens (tertiary/aromatic N) is 3. The molecule has 0 spiro atoms. The summed E-state index contributed by atoms with van der Waals surface area (Å²) in [5, 5.41) is 9.10. The molecule has 23 heavy (non-hydrogen) atoms. The Morgan fingerprint density at radius 3 is 3.17 bits per heavy atom. The van der Waals surface area contributed by atoms with Gasteiger partial charge in [-0.05, 0) is 31.3 Å². The fourth-order valence-electron chi connectivity index (χ4n) is 2.83. The van der Waals surface area contributed by atoms with E-state index in [1.807, 2.05) is 29.5 Å². The van der Waals surface area contributed by atoms with Crippen molar-refractivity contribution in [3.8, 4) is 10.7 Å². The molecule has 3 rings (SSSR count). The Morgan fingerprint density at radius 1 is 1.57 bits per heavy atom. The Bertz CT molecular complexity index is 617. The molecule has 1 saturated heterocycles. The summed E-state index contributed by atoms with van der Waals surface area (Å²) in [6.45, 7) is 1.71. The Kier molecular flexibility index (Phi) is 6.56. The van der Waals surface area contributed by atoms with Gasteiger partial charge in [0.15, 0.2) is 0 Å². The van der Waals surface area contributed by atoms with Crippen LogP contribution < -0.4 is 5.32 Å². The van der Waals surface area contributed by atoms with E-state index in [2.05, 4.69) is 15.5 Å². The first-order valence-electron chi connectivity index (χ1n) is 7.58. The first-order valence-corrected chi connectivity index (χ1v) is 8.46. The maximum absolute atomic E-state index is 12.3. The van der Waals surface area contributed by atoms with E-state index in [4.69, 9.17) is 4.52 Å². The molecule has 0 saturated carbocycles. The minimum absolute atomic E-state index is 0. The van der Waals surface area contributed by atoms with E-state index in [1.54, 1.807) is 11.3 Å². The number of hydrogen-bond donors (Lipinski definition) is 1. The summed E-state index contributed by atoms with van der Waals surface area (Å²) in [6, 6.07) is 4.23. The molecule has 0 aliphatic carbocycles. The molecular weight excluding hydrogens is 336 g/mol. The highest BCUT2D eigenvalue weighted by Crippen LogP contribution is 2.22. The van der Waals surface area contributed by atoms with Gasteiger partial charge < -0.3 is 14.7 Å². The highest BCUT2D eigenvalue weighted by Gasteiger charge is 2.27. The molecule has 126 valence electrons. The number of hydrogen-bond acceptors (Lipinski definition) is 6. The van der Waals surface area contributed by atoms with Gasteiger partial charge in [-0.1, -0.05) is 11.2 Å². The molecule has 1 unspecified atom stereocenters. The number of halogens is 1. The molecular formula is C15H21ClN4O2S.